The first-order valence-corrected chi connectivity index (χ1v) is 9.86. The number of rotatable bonds is 8. The molecule has 140 valence electrons. The third-order valence-corrected chi connectivity index (χ3v) is 6.11. The molecular formula is C19H24N2O4S. The Balaban J connectivity index is 2.15. The topological polar surface area (TPSA) is 75.7 Å². The van der Waals surface area contributed by atoms with Crippen LogP contribution in [-0.4, -0.2) is 38.8 Å². The van der Waals surface area contributed by atoms with Gasteiger partial charge in [-0.15, -0.1) is 0 Å². The second-order valence-corrected chi connectivity index (χ2v) is 7.57. The molecule has 0 heterocycles. The number of sulfonamides is 1. The molecule has 2 aromatic carbocycles. The van der Waals surface area contributed by atoms with E-state index in [0.717, 1.165) is 5.56 Å². The molecule has 0 aliphatic heterocycles. The molecule has 2 aromatic rings. The number of methoxy groups -OCH3 is 1. The molecule has 0 saturated carbocycles. The van der Waals surface area contributed by atoms with E-state index in [1.807, 2.05) is 30.3 Å². The highest BCUT2D eigenvalue weighted by atomic mass is 32.2. The highest BCUT2D eigenvalue weighted by Gasteiger charge is 2.22. The van der Waals surface area contributed by atoms with Gasteiger partial charge in [0.1, 0.15) is 0 Å². The van der Waals surface area contributed by atoms with Crippen molar-refractivity contribution < 1.29 is 17.9 Å². The molecule has 0 aliphatic carbocycles. The number of carbonyl (C=O) groups excluding carboxylic acids is 1. The number of amides is 1. The third kappa shape index (κ3) is 4.49. The Labute approximate surface area is 154 Å². The maximum atomic E-state index is 12.5. The van der Waals surface area contributed by atoms with E-state index in [0.29, 0.717) is 18.8 Å². The van der Waals surface area contributed by atoms with Crippen molar-refractivity contribution in [2.24, 2.45) is 0 Å². The van der Waals surface area contributed by atoms with E-state index in [-0.39, 0.29) is 10.8 Å². The first-order chi connectivity index (χ1) is 12.4. The zero-order valence-electron chi connectivity index (χ0n) is 15.2. The van der Waals surface area contributed by atoms with Crippen molar-refractivity contribution in [2.45, 2.75) is 24.8 Å². The minimum Gasteiger partial charge on any atom is -0.367 e. The number of hydrogen-bond donors (Lipinski definition) is 1. The van der Waals surface area contributed by atoms with E-state index in [1.165, 1.54) is 23.5 Å². The lowest BCUT2D eigenvalue weighted by Crippen LogP contribution is -2.30. The third-order valence-electron chi connectivity index (χ3n) is 4.04. The van der Waals surface area contributed by atoms with Crippen LogP contribution in [0.5, 0.6) is 0 Å². The number of nitrogens with zero attached hydrogens (tertiary/aromatic N) is 1. The van der Waals surface area contributed by atoms with Crippen LogP contribution >= 0.6 is 0 Å². The summed E-state index contributed by atoms with van der Waals surface area (Å²) >= 11 is 0. The molecule has 7 heteroatoms. The van der Waals surface area contributed by atoms with Crippen molar-refractivity contribution in [3.8, 4) is 0 Å². The molecule has 0 radical (unpaired) electrons. The van der Waals surface area contributed by atoms with Gasteiger partial charge >= 0.3 is 0 Å². The zero-order valence-corrected chi connectivity index (χ0v) is 16.0. The van der Waals surface area contributed by atoms with E-state index in [9.17, 15) is 13.2 Å². The van der Waals surface area contributed by atoms with Crippen molar-refractivity contribution in [3.05, 3.63) is 60.2 Å². The smallest absolute Gasteiger partial charge is 0.258 e. The summed E-state index contributed by atoms with van der Waals surface area (Å²) in [6, 6.07) is 15.3. The van der Waals surface area contributed by atoms with Crippen LogP contribution in [0.1, 0.15) is 25.5 Å². The SMILES string of the molecule is CCN(CC)S(=O)(=O)c1ccc(NC(=O)[C@@H](OC)c2ccccc2)cc1. The molecule has 0 bridgehead atoms. The fraction of sp³-hybridized carbons (Fsp3) is 0.316. The molecule has 0 aliphatic rings. The van der Waals surface area contributed by atoms with Gasteiger partial charge in [-0.1, -0.05) is 44.2 Å². The van der Waals surface area contributed by atoms with Gasteiger partial charge in [0.25, 0.3) is 5.91 Å². The zero-order chi connectivity index (χ0) is 19.2. The van der Waals surface area contributed by atoms with Crippen molar-refractivity contribution in [1.29, 1.82) is 0 Å². The number of hydrogen-bond acceptors (Lipinski definition) is 4. The second kappa shape index (κ2) is 8.93. The van der Waals surface area contributed by atoms with Gasteiger partial charge in [0.15, 0.2) is 6.10 Å². The lowest BCUT2D eigenvalue weighted by Gasteiger charge is -2.19. The van der Waals surface area contributed by atoms with E-state index < -0.39 is 16.1 Å². The summed E-state index contributed by atoms with van der Waals surface area (Å²) in [6.45, 7) is 4.40. The summed E-state index contributed by atoms with van der Waals surface area (Å²) in [5.41, 5.74) is 1.25. The summed E-state index contributed by atoms with van der Waals surface area (Å²) in [4.78, 5) is 12.7. The molecule has 1 atom stereocenters. The lowest BCUT2D eigenvalue weighted by molar-refractivity contribution is -0.126. The molecule has 0 unspecified atom stereocenters. The fourth-order valence-electron chi connectivity index (χ4n) is 2.65. The molecule has 0 saturated heterocycles. The van der Waals surface area contributed by atoms with Crippen molar-refractivity contribution in [1.82, 2.24) is 4.31 Å². The van der Waals surface area contributed by atoms with Crippen LogP contribution in [-0.2, 0) is 19.6 Å². The summed E-state index contributed by atoms with van der Waals surface area (Å²) < 4.78 is 31.7. The summed E-state index contributed by atoms with van der Waals surface area (Å²) in [7, 11) is -2.05. The molecule has 1 amide bonds. The average molecular weight is 376 g/mol. The normalized spacial score (nSPS) is 12.8. The molecule has 0 spiro atoms. The Bertz CT molecular complexity index is 816. The highest BCUT2D eigenvalue weighted by Crippen LogP contribution is 2.21. The molecular weight excluding hydrogens is 352 g/mol. The van der Waals surface area contributed by atoms with Gasteiger partial charge in [-0.3, -0.25) is 4.79 Å². The summed E-state index contributed by atoms with van der Waals surface area (Å²) in [5, 5.41) is 2.75. The highest BCUT2D eigenvalue weighted by molar-refractivity contribution is 7.89. The van der Waals surface area contributed by atoms with E-state index in [4.69, 9.17) is 4.74 Å². The van der Waals surface area contributed by atoms with Gasteiger partial charge in [0.05, 0.1) is 4.90 Å². The minimum atomic E-state index is -3.51. The fourth-order valence-corrected chi connectivity index (χ4v) is 4.11. The van der Waals surface area contributed by atoms with Gasteiger partial charge in [0.2, 0.25) is 10.0 Å². The number of ether oxygens (including phenoxy) is 1. The van der Waals surface area contributed by atoms with Crippen LogP contribution in [0.3, 0.4) is 0 Å². The Morgan fingerprint density at radius 2 is 1.62 bits per heavy atom. The Hall–Kier alpha value is -2.22. The number of anilines is 1. The maximum Gasteiger partial charge on any atom is 0.258 e. The predicted octanol–water partition coefficient (Wildman–Crippen LogP) is 3.04. The van der Waals surface area contributed by atoms with Crippen LogP contribution in [0.4, 0.5) is 5.69 Å². The molecule has 26 heavy (non-hydrogen) atoms. The number of nitrogens with one attached hydrogen (secondary N) is 1. The van der Waals surface area contributed by atoms with Gasteiger partial charge in [0, 0.05) is 25.9 Å². The quantitative estimate of drug-likeness (QED) is 0.768. The average Bonchev–Trinajstić information content (AvgIpc) is 2.64. The van der Waals surface area contributed by atoms with Crippen molar-refractivity contribution >= 4 is 21.6 Å². The number of benzene rings is 2. The largest absolute Gasteiger partial charge is 0.367 e. The molecule has 0 aromatic heterocycles. The number of carbonyl (C=O) groups is 1. The van der Waals surface area contributed by atoms with E-state index >= 15 is 0 Å². The maximum absolute atomic E-state index is 12.5. The van der Waals surface area contributed by atoms with Crippen LogP contribution in [0.2, 0.25) is 0 Å². The molecule has 0 fully saturated rings. The Kier molecular flexibility index (Phi) is 6.90. The second-order valence-electron chi connectivity index (χ2n) is 5.63. The lowest BCUT2D eigenvalue weighted by atomic mass is 10.1. The summed E-state index contributed by atoms with van der Waals surface area (Å²) in [5.74, 6) is -0.321. The standard InChI is InChI=1S/C19H24N2O4S/c1-4-21(5-2)26(23,24)17-13-11-16(12-14-17)20-19(22)18(25-3)15-9-7-6-8-10-15/h6-14,18H,4-5H2,1-3H3,(H,20,22)/t18-/m0/s1. The van der Waals surface area contributed by atoms with Gasteiger partial charge < -0.3 is 10.1 Å². The molecule has 1 N–H and O–H groups in total. The van der Waals surface area contributed by atoms with Crippen LogP contribution in [0, 0.1) is 0 Å². The van der Waals surface area contributed by atoms with E-state index in [1.54, 1.807) is 26.0 Å². The van der Waals surface area contributed by atoms with Gasteiger partial charge in [-0.2, -0.15) is 4.31 Å². The van der Waals surface area contributed by atoms with Gasteiger partial charge in [-0.05, 0) is 29.8 Å². The van der Waals surface area contributed by atoms with Crippen LogP contribution in [0.25, 0.3) is 0 Å². The first kappa shape index (κ1) is 20.1. The van der Waals surface area contributed by atoms with Crippen molar-refractivity contribution in [3.63, 3.8) is 0 Å². The first-order valence-electron chi connectivity index (χ1n) is 8.42. The Morgan fingerprint density at radius 3 is 2.12 bits per heavy atom. The molecule has 2 rings (SSSR count). The summed E-state index contributed by atoms with van der Waals surface area (Å²) in [6.07, 6.45) is -0.740. The van der Waals surface area contributed by atoms with Crippen molar-refractivity contribution in [2.75, 3.05) is 25.5 Å². The molecule has 6 nitrogen and oxygen atoms in total. The van der Waals surface area contributed by atoms with Gasteiger partial charge in [-0.25, -0.2) is 8.42 Å². The Morgan fingerprint density at radius 1 is 1.04 bits per heavy atom. The van der Waals surface area contributed by atoms with Crippen LogP contribution < -0.4 is 5.32 Å². The minimum absolute atomic E-state index is 0.200. The monoisotopic (exact) mass is 376 g/mol. The van der Waals surface area contributed by atoms with Crippen LogP contribution in [0.15, 0.2) is 59.5 Å². The van der Waals surface area contributed by atoms with E-state index in [2.05, 4.69) is 5.32 Å². The predicted molar refractivity (Wildman–Crippen MR) is 101 cm³/mol.